The van der Waals surface area contributed by atoms with Crippen LogP contribution in [-0.4, -0.2) is 10.9 Å². The number of phenolic OH excluding ortho intramolecular Hbond substituents is 1. The summed E-state index contributed by atoms with van der Waals surface area (Å²) in [6.07, 6.45) is 0.283. The number of carbonyl (C=O) groups is 1. The van der Waals surface area contributed by atoms with Crippen LogP contribution in [0.3, 0.4) is 0 Å². The summed E-state index contributed by atoms with van der Waals surface area (Å²) < 4.78 is 0.872. The lowest BCUT2D eigenvalue weighted by atomic mass is 10.1. The van der Waals surface area contributed by atoms with E-state index in [4.69, 9.17) is 0 Å². The van der Waals surface area contributed by atoms with E-state index in [0.717, 1.165) is 4.47 Å². The van der Waals surface area contributed by atoms with Gasteiger partial charge >= 0.3 is 0 Å². The molecule has 3 heteroatoms. The molecule has 1 N–H and O–H groups in total. The van der Waals surface area contributed by atoms with Gasteiger partial charge in [-0.3, -0.25) is 4.79 Å². The van der Waals surface area contributed by atoms with Gasteiger partial charge in [0.2, 0.25) is 0 Å². The number of benzene rings is 1. The molecule has 64 valence electrons. The molecule has 0 spiro atoms. The van der Waals surface area contributed by atoms with Gasteiger partial charge in [0.15, 0.2) is 0 Å². The summed E-state index contributed by atoms with van der Waals surface area (Å²) in [5.74, 6) is 0.219. The maximum Gasteiger partial charge on any atom is 0.134 e. The highest BCUT2D eigenvalue weighted by molar-refractivity contribution is 9.10. The number of rotatable bonds is 2. The molecule has 1 rings (SSSR count). The normalized spacial score (nSPS) is 9.83. The van der Waals surface area contributed by atoms with E-state index in [9.17, 15) is 9.90 Å². The predicted octanol–water partition coefficient (Wildman–Crippen LogP) is 2.29. The summed E-state index contributed by atoms with van der Waals surface area (Å²) in [5.41, 5.74) is 0.664. The molecule has 0 aliphatic rings. The van der Waals surface area contributed by atoms with Crippen LogP contribution in [0.2, 0.25) is 0 Å². The number of ketones is 1. The van der Waals surface area contributed by atoms with Crippen molar-refractivity contribution in [1.29, 1.82) is 0 Å². The Morgan fingerprint density at radius 3 is 2.83 bits per heavy atom. The van der Waals surface area contributed by atoms with E-state index < -0.39 is 0 Å². The van der Waals surface area contributed by atoms with E-state index in [0.29, 0.717) is 5.56 Å². The SMILES string of the molecule is CC(=O)Cc1cc(Br)ccc1O. The molecule has 1 aromatic carbocycles. The van der Waals surface area contributed by atoms with E-state index in [1.165, 1.54) is 6.92 Å². The van der Waals surface area contributed by atoms with Crippen LogP contribution in [0.1, 0.15) is 12.5 Å². The first-order valence-electron chi connectivity index (χ1n) is 3.56. The fourth-order valence-corrected chi connectivity index (χ4v) is 1.37. The number of Topliss-reactive ketones (excluding diaryl/α,β-unsaturated/α-hetero) is 1. The van der Waals surface area contributed by atoms with Gasteiger partial charge in [0.25, 0.3) is 0 Å². The van der Waals surface area contributed by atoms with Crippen molar-refractivity contribution in [2.24, 2.45) is 0 Å². The molecule has 0 aromatic heterocycles. The van der Waals surface area contributed by atoms with Gasteiger partial charge in [-0.1, -0.05) is 15.9 Å². The van der Waals surface area contributed by atoms with Crippen LogP contribution in [0.4, 0.5) is 0 Å². The zero-order valence-corrected chi connectivity index (χ0v) is 8.26. The molecule has 12 heavy (non-hydrogen) atoms. The van der Waals surface area contributed by atoms with E-state index in [2.05, 4.69) is 15.9 Å². The molecule has 0 amide bonds. The highest BCUT2D eigenvalue weighted by Crippen LogP contribution is 2.22. The van der Waals surface area contributed by atoms with Crippen LogP contribution in [-0.2, 0) is 11.2 Å². The van der Waals surface area contributed by atoms with Gasteiger partial charge in [-0.05, 0) is 25.1 Å². The molecule has 0 aliphatic carbocycles. The largest absolute Gasteiger partial charge is 0.508 e. The molecule has 2 nitrogen and oxygen atoms in total. The third-order valence-corrected chi connectivity index (χ3v) is 1.97. The van der Waals surface area contributed by atoms with Crippen LogP contribution < -0.4 is 0 Å². The Morgan fingerprint density at radius 1 is 1.58 bits per heavy atom. The lowest BCUT2D eigenvalue weighted by Gasteiger charge is -2.01. The number of hydrogen-bond acceptors (Lipinski definition) is 2. The minimum Gasteiger partial charge on any atom is -0.508 e. The van der Waals surface area contributed by atoms with Crippen LogP contribution in [0.5, 0.6) is 5.75 Å². The predicted molar refractivity (Wildman–Crippen MR) is 50.2 cm³/mol. The standard InChI is InChI=1S/C9H9BrO2/c1-6(11)4-7-5-8(10)2-3-9(7)12/h2-3,5,12H,4H2,1H3. The second kappa shape index (κ2) is 3.72. The second-order valence-electron chi connectivity index (χ2n) is 2.65. The Morgan fingerprint density at radius 2 is 2.25 bits per heavy atom. The summed E-state index contributed by atoms with van der Waals surface area (Å²) in [6, 6.07) is 5.05. The van der Waals surface area contributed by atoms with Crippen molar-refractivity contribution in [3.05, 3.63) is 28.2 Å². The van der Waals surface area contributed by atoms with Crippen molar-refractivity contribution in [1.82, 2.24) is 0 Å². The summed E-state index contributed by atoms with van der Waals surface area (Å²) in [4.78, 5) is 10.8. The average molecular weight is 229 g/mol. The molecule has 0 saturated carbocycles. The lowest BCUT2D eigenvalue weighted by molar-refractivity contribution is -0.116. The Kier molecular flexibility index (Phi) is 2.87. The van der Waals surface area contributed by atoms with E-state index in [-0.39, 0.29) is 18.0 Å². The highest BCUT2D eigenvalue weighted by atomic mass is 79.9. The lowest BCUT2D eigenvalue weighted by Crippen LogP contribution is -1.96. The molecule has 0 radical (unpaired) electrons. The first-order chi connectivity index (χ1) is 5.59. The van der Waals surface area contributed by atoms with Crippen LogP contribution in [0.15, 0.2) is 22.7 Å². The zero-order chi connectivity index (χ0) is 9.14. The van der Waals surface area contributed by atoms with Crippen molar-refractivity contribution < 1.29 is 9.90 Å². The molecule has 1 aromatic rings. The zero-order valence-electron chi connectivity index (χ0n) is 6.67. The van der Waals surface area contributed by atoms with Crippen molar-refractivity contribution in [3.63, 3.8) is 0 Å². The maximum atomic E-state index is 10.8. The van der Waals surface area contributed by atoms with Crippen molar-refractivity contribution in [2.75, 3.05) is 0 Å². The van der Waals surface area contributed by atoms with Gasteiger partial charge in [0.05, 0.1) is 0 Å². The third kappa shape index (κ3) is 2.34. The van der Waals surface area contributed by atoms with E-state index >= 15 is 0 Å². The smallest absolute Gasteiger partial charge is 0.134 e. The van der Waals surface area contributed by atoms with Crippen molar-refractivity contribution in [3.8, 4) is 5.75 Å². The van der Waals surface area contributed by atoms with E-state index in [1.807, 2.05) is 0 Å². The van der Waals surface area contributed by atoms with Gasteiger partial charge in [0.1, 0.15) is 11.5 Å². The molecule has 0 heterocycles. The Bertz CT molecular complexity index is 307. The quantitative estimate of drug-likeness (QED) is 0.844. The minimum atomic E-state index is 0.0448. The summed E-state index contributed by atoms with van der Waals surface area (Å²) in [6.45, 7) is 1.50. The van der Waals surface area contributed by atoms with Gasteiger partial charge in [-0.25, -0.2) is 0 Å². The molecule has 0 aliphatic heterocycles. The minimum absolute atomic E-state index is 0.0448. The molecular weight excluding hydrogens is 220 g/mol. The Balaban J connectivity index is 2.97. The molecular formula is C9H9BrO2. The maximum absolute atomic E-state index is 10.8. The average Bonchev–Trinajstić information content (AvgIpc) is 1.96. The monoisotopic (exact) mass is 228 g/mol. The number of hydrogen-bond donors (Lipinski definition) is 1. The molecule has 0 atom stereocenters. The van der Waals surface area contributed by atoms with Gasteiger partial charge < -0.3 is 5.11 Å². The van der Waals surface area contributed by atoms with Gasteiger partial charge in [-0.2, -0.15) is 0 Å². The highest BCUT2D eigenvalue weighted by Gasteiger charge is 2.03. The first kappa shape index (κ1) is 9.26. The van der Waals surface area contributed by atoms with Crippen LogP contribution in [0.25, 0.3) is 0 Å². The number of aromatic hydroxyl groups is 1. The fourth-order valence-electron chi connectivity index (χ4n) is 0.964. The van der Waals surface area contributed by atoms with Crippen molar-refractivity contribution in [2.45, 2.75) is 13.3 Å². The molecule has 0 bridgehead atoms. The number of carbonyl (C=O) groups excluding carboxylic acids is 1. The van der Waals surface area contributed by atoms with Crippen LogP contribution in [0, 0.1) is 0 Å². The molecule has 0 fully saturated rings. The Hall–Kier alpha value is -0.830. The summed E-state index contributed by atoms with van der Waals surface area (Å²) in [5, 5.41) is 9.31. The second-order valence-corrected chi connectivity index (χ2v) is 3.57. The van der Waals surface area contributed by atoms with Gasteiger partial charge in [-0.15, -0.1) is 0 Å². The topological polar surface area (TPSA) is 37.3 Å². The fraction of sp³-hybridized carbons (Fsp3) is 0.222. The molecule has 0 unspecified atom stereocenters. The number of phenols is 1. The Labute approximate surface area is 79.3 Å². The third-order valence-electron chi connectivity index (χ3n) is 1.48. The first-order valence-corrected chi connectivity index (χ1v) is 4.35. The van der Waals surface area contributed by atoms with Crippen LogP contribution >= 0.6 is 15.9 Å². The van der Waals surface area contributed by atoms with E-state index in [1.54, 1.807) is 18.2 Å². The molecule has 0 saturated heterocycles. The number of halogens is 1. The summed E-state index contributed by atoms with van der Waals surface area (Å²) in [7, 11) is 0. The van der Waals surface area contributed by atoms with Gasteiger partial charge in [0, 0.05) is 16.5 Å². The summed E-state index contributed by atoms with van der Waals surface area (Å²) >= 11 is 3.26. The van der Waals surface area contributed by atoms with Crippen molar-refractivity contribution >= 4 is 21.7 Å².